The van der Waals surface area contributed by atoms with Crippen LogP contribution in [0, 0.1) is 6.92 Å². The highest BCUT2D eigenvalue weighted by Crippen LogP contribution is 2.23. The molecule has 1 aromatic carbocycles. The summed E-state index contributed by atoms with van der Waals surface area (Å²) in [6.07, 6.45) is 0. The minimum Gasteiger partial charge on any atom is -0.388 e. The molecule has 2 nitrogen and oxygen atoms in total. The summed E-state index contributed by atoms with van der Waals surface area (Å²) in [5, 5.41) is 4.42. The number of rotatable bonds is 1. The Morgan fingerprint density at radius 3 is 2.92 bits per heavy atom. The predicted octanol–water partition coefficient (Wildman–Crippen LogP) is 2.52. The second-order valence-electron chi connectivity index (χ2n) is 2.97. The minimum atomic E-state index is 1.18. The van der Waals surface area contributed by atoms with E-state index in [1.807, 2.05) is 13.1 Å². The Hall–Kier alpha value is -1.44. The van der Waals surface area contributed by atoms with Gasteiger partial charge in [-0.1, -0.05) is 6.07 Å². The van der Waals surface area contributed by atoms with Gasteiger partial charge in [0, 0.05) is 29.3 Å². The maximum atomic E-state index is 3.29. The smallest absolute Gasteiger partial charge is 0.0476 e. The zero-order valence-electron chi connectivity index (χ0n) is 7.31. The molecule has 1 heterocycles. The molecule has 2 N–H and O–H groups in total. The summed E-state index contributed by atoms with van der Waals surface area (Å²) in [7, 11) is 1.94. The van der Waals surface area contributed by atoms with Crippen LogP contribution in [-0.4, -0.2) is 12.0 Å². The number of benzene rings is 1. The second-order valence-corrected chi connectivity index (χ2v) is 2.97. The van der Waals surface area contributed by atoms with Gasteiger partial charge in [0.1, 0.15) is 0 Å². The molecule has 1 aromatic heterocycles. The van der Waals surface area contributed by atoms with Gasteiger partial charge >= 0.3 is 0 Å². The molecular formula is C10H12N2. The van der Waals surface area contributed by atoms with E-state index in [4.69, 9.17) is 0 Å². The number of aromatic amines is 1. The molecule has 0 unspecified atom stereocenters. The summed E-state index contributed by atoms with van der Waals surface area (Å²) in [5.74, 6) is 0. The van der Waals surface area contributed by atoms with Crippen LogP contribution >= 0.6 is 0 Å². The topological polar surface area (TPSA) is 27.8 Å². The van der Waals surface area contributed by atoms with Crippen molar-refractivity contribution in [3.05, 3.63) is 30.0 Å². The first-order valence-corrected chi connectivity index (χ1v) is 4.07. The van der Waals surface area contributed by atoms with Crippen molar-refractivity contribution in [1.82, 2.24) is 4.98 Å². The van der Waals surface area contributed by atoms with E-state index in [0.717, 1.165) is 0 Å². The Morgan fingerprint density at radius 2 is 2.17 bits per heavy atom. The lowest BCUT2D eigenvalue weighted by Gasteiger charge is -1.99. The van der Waals surface area contributed by atoms with Gasteiger partial charge in [-0.3, -0.25) is 0 Å². The molecule has 2 heteroatoms. The molecule has 2 aromatic rings. The lowest BCUT2D eigenvalue weighted by Crippen LogP contribution is -1.86. The first-order chi connectivity index (χ1) is 5.81. The third kappa shape index (κ3) is 0.961. The summed E-state index contributed by atoms with van der Waals surface area (Å²) in [5.41, 5.74) is 3.57. The Labute approximate surface area is 71.6 Å². The maximum absolute atomic E-state index is 3.29. The number of nitrogens with one attached hydrogen (secondary N) is 2. The molecule has 0 aliphatic rings. The Kier molecular flexibility index (Phi) is 1.54. The quantitative estimate of drug-likeness (QED) is 0.659. The van der Waals surface area contributed by atoms with Crippen LogP contribution in [-0.2, 0) is 0 Å². The second kappa shape index (κ2) is 2.55. The van der Waals surface area contributed by atoms with Crippen molar-refractivity contribution in [3.8, 4) is 0 Å². The lowest BCUT2D eigenvalue weighted by molar-refractivity contribution is 1.30. The Bertz CT molecular complexity index is 401. The van der Waals surface area contributed by atoms with Gasteiger partial charge in [-0.05, 0) is 25.1 Å². The molecule has 0 fully saturated rings. The van der Waals surface area contributed by atoms with Gasteiger partial charge in [-0.15, -0.1) is 0 Å². The van der Waals surface area contributed by atoms with Gasteiger partial charge < -0.3 is 10.3 Å². The van der Waals surface area contributed by atoms with Crippen LogP contribution < -0.4 is 5.32 Å². The SMILES string of the molecule is CNc1cccc2[nH]c(C)cc12. The molecule has 62 valence electrons. The van der Waals surface area contributed by atoms with Crippen LogP contribution in [0.3, 0.4) is 0 Å². The van der Waals surface area contributed by atoms with Gasteiger partial charge in [0.15, 0.2) is 0 Å². The van der Waals surface area contributed by atoms with E-state index in [1.54, 1.807) is 0 Å². The molecule has 0 bridgehead atoms. The first-order valence-electron chi connectivity index (χ1n) is 4.07. The highest BCUT2D eigenvalue weighted by atomic mass is 14.8. The normalized spacial score (nSPS) is 10.5. The summed E-state index contributed by atoms with van der Waals surface area (Å²) in [6.45, 7) is 2.07. The monoisotopic (exact) mass is 160 g/mol. The number of fused-ring (bicyclic) bond motifs is 1. The average Bonchev–Trinajstić information content (AvgIpc) is 2.44. The zero-order valence-corrected chi connectivity index (χ0v) is 7.31. The molecule has 2 rings (SSSR count). The van der Waals surface area contributed by atoms with Gasteiger partial charge in [0.2, 0.25) is 0 Å². The first kappa shape index (κ1) is 7.22. The van der Waals surface area contributed by atoms with Crippen molar-refractivity contribution in [3.63, 3.8) is 0 Å². The van der Waals surface area contributed by atoms with E-state index in [0.29, 0.717) is 0 Å². The number of aryl methyl sites for hydroxylation is 1. The van der Waals surface area contributed by atoms with Crippen molar-refractivity contribution in [2.75, 3.05) is 12.4 Å². The lowest BCUT2D eigenvalue weighted by atomic mass is 10.2. The van der Waals surface area contributed by atoms with E-state index >= 15 is 0 Å². The van der Waals surface area contributed by atoms with E-state index in [9.17, 15) is 0 Å². The highest BCUT2D eigenvalue weighted by molar-refractivity contribution is 5.92. The highest BCUT2D eigenvalue weighted by Gasteiger charge is 2.00. The van der Waals surface area contributed by atoms with Crippen LogP contribution in [0.25, 0.3) is 10.9 Å². The summed E-state index contributed by atoms with van der Waals surface area (Å²) < 4.78 is 0. The van der Waals surface area contributed by atoms with Gasteiger partial charge in [0.05, 0.1) is 0 Å². The molecule has 0 spiro atoms. The fourth-order valence-electron chi connectivity index (χ4n) is 1.51. The van der Waals surface area contributed by atoms with E-state index < -0.39 is 0 Å². The van der Waals surface area contributed by atoms with Crippen LogP contribution in [0.5, 0.6) is 0 Å². The number of hydrogen-bond acceptors (Lipinski definition) is 1. The van der Waals surface area contributed by atoms with E-state index in [-0.39, 0.29) is 0 Å². The fraction of sp³-hybridized carbons (Fsp3) is 0.200. The minimum absolute atomic E-state index is 1.18. The number of hydrogen-bond donors (Lipinski definition) is 2. The molecule has 0 saturated heterocycles. The molecule has 0 radical (unpaired) electrons. The largest absolute Gasteiger partial charge is 0.388 e. The zero-order chi connectivity index (χ0) is 8.55. The van der Waals surface area contributed by atoms with Crippen LogP contribution in [0.15, 0.2) is 24.3 Å². The van der Waals surface area contributed by atoms with Crippen LogP contribution in [0.1, 0.15) is 5.69 Å². The third-order valence-corrected chi connectivity index (χ3v) is 2.07. The molecule has 0 aliphatic heterocycles. The van der Waals surface area contributed by atoms with Crippen molar-refractivity contribution in [2.45, 2.75) is 6.92 Å². The maximum Gasteiger partial charge on any atom is 0.0476 e. The fourth-order valence-corrected chi connectivity index (χ4v) is 1.51. The summed E-state index contributed by atoms with van der Waals surface area (Å²) in [6, 6.07) is 8.37. The van der Waals surface area contributed by atoms with Gasteiger partial charge in [0.25, 0.3) is 0 Å². The molecule has 12 heavy (non-hydrogen) atoms. The van der Waals surface area contributed by atoms with Crippen molar-refractivity contribution in [2.24, 2.45) is 0 Å². The molecular weight excluding hydrogens is 148 g/mol. The van der Waals surface area contributed by atoms with Crippen molar-refractivity contribution < 1.29 is 0 Å². The summed E-state index contributed by atoms with van der Waals surface area (Å²) in [4.78, 5) is 3.29. The van der Waals surface area contributed by atoms with Crippen LogP contribution in [0.2, 0.25) is 0 Å². The molecule has 0 saturated carbocycles. The van der Waals surface area contributed by atoms with Crippen molar-refractivity contribution >= 4 is 16.6 Å². The third-order valence-electron chi connectivity index (χ3n) is 2.07. The van der Waals surface area contributed by atoms with Gasteiger partial charge in [-0.25, -0.2) is 0 Å². The standard InChI is InChI=1S/C10H12N2/c1-7-6-8-9(11-2)4-3-5-10(8)12-7/h3-6,11-12H,1-2H3. The predicted molar refractivity (Wildman–Crippen MR) is 52.6 cm³/mol. The Balaban J connectivity index is 2.78. The van der Waals surface area contributed by atoms with E-state index in [2.05, 4.69) is 35.4 Å². The number of anilines is 1. The molecule has 0 atom stereocenters. The number of aromatic nitrogens is 1. The van der Waals surface area contributed by atoms with Crippen molar-refractivity contribution in [1.29, 1.82) is 0 Å². The van der Waals surface area contributed by atoms with E-state index in [1.165, 1.54) is 22.3 Å². The Morgan fingerprint density at radius 1 is 1.33 bits per heavy atom. The molecule has 0 aliphatic carbocycles. The van der Waals surface area contributed by atoms with Gasteiger partial charge in [-0.2, -0.15) is 0 Å². The summed E-state index contributed by atoms with van der Waals surface area (Å²) >= 11 is 0. The van der Waals surface area contributed by atoms with Crippen LogP contribution in [0.4, 0.5) is 5.69 Å². The average molecular weight is 160 g/mol. The molecule has 0 amide bonds. The number of H-pyrrole nitrogens is 1.